The predicted molar refractivity (Wildman–Crippen MR) is 139 cm³/mol. The lowest BCUT2D eigenvalue weighted by molar-refractivity contribution is -0.123. The largest absolute Gasteiger partial charge is 0.497 e. The Balaban J connectivity index is 1.81. The molecule has 0 heterocycles. The van der Waals surface area contributed by atoms with E-state index in [2.05, 4.69) is 24.5 Å². The van der Waals surface area contributed by atoms with E-state index < -0.39 is 0 Å². The predicted octanol–water partition coefficient (Wildman–Crippen LogP) is 2.90. The second-order valence-electron chi connectivity index (χ2n) is 8.33. The second-order valence-corrected chi connectivity index (χ2v) is 8.33. The van der Waals surface area contributed by atoms with Crippen molar-refractivity contribution in [3.05, 3.63) is 29.8 Å². The van der Waals surface area contributed by atoms with Crippen molar-refractivity contribution >= 4 is 11.8 Å². The van der Waals surface area contributed by atoms with Crippen LogP contribution < -0.4 is 15.4 Å². The van der Waals surface area contributed by atoms with Gasteiger partial charge in [0.2, 0.25) is 11.8 Å². The normalized spacial score (nSPS) is 11.0. The van der Waals surface area contributed by atoms with Gasteiger partial charge in [0.1, 0.15) is 5.75 Å². The van der Waals surface area contributed by atoms with Gasteiger partial charge in [0.25, 0.3) is 0 Å². The Labute approximate surface area is 216 Å². The van der Waals surface area contributed by atoms with Crippen LogP contribution in [0.2, 0.25) is 0 Å². The van der Waals surface area contributed by atoms with E-state index in [-0.39, 0.29) is 17.9 Å². The van der Waals surface area contributed by atoms with Crippen LogP contribution in [0.4, 0.5) is 0 Å². The molecule has 0 fully saturated rings. The fourth-order valence-corrected chi connectivity index (χ4v) is 3.32. The molecule has 0 atom stereocenters. The molecular weight excluding hydrogens is 464 g/mol. The molecule has 206 valence electrons. The SMILES string of the molecule is CCC(CC)NC(=O)CCOCCOCCOCCOCCNC(=O)CCCc1ccc(OC)cc1. The molecule has 0 saturated carbocycles. The number of hydrogen-bond acceptors (Lipinski definition) is 7. The van der Waals surface area contributed by atoms with Crippen LogP contribution in [0.1, 0.15) is 51.5 Å². The van der Waals surface area contributed by atoms with E-state index >= 15 is 0 Å². The molecule has 0 radical (unpaired) electrons. The molecular formula is C27H46N2O7. The lowest BCUT2D eigenvalue weighted by atomic mass is 10.1. The third-order valence-corrected chi connectivity index (χ3v) is 5.54. The molecule has 0 unspecified atom stereocenters. The maximum absolute atomic E-state index is 11.9. The lowest BCUT2D eigenvalue weighted by Gasteiger charge is -2.14. The van der Waals surface area contributed by atoms with Gasteiger partial charge in [0.05, 0.1) is 60.0 Å². The van der Waals surface area contributed by atoms with Crippen LogP contribution in [0.5, 0.6) is 5.75 Å². The molecule has 9 heteroatoms. The first kappa shape index (κ1) is 31.8. The van der Waals surface area contributed by atoms with Gasteiger partial charge in [0.15, 0.2) is 0 Å². The fourth-order valence-electron chi connectivity index (χ4n) is 3.32. The van der Waals surface area contributed by atoms with Crippen molar-refractivity contribution in [2.24, 2.45) is 0 Å². The molecule has 9 nitrogen and oxygen atoms in total. The second kappa shape index (κ2) is 22.0. The molecule has 0 aromatic heterocycles. The Kier molecular flexibility index (Phi) is 19.5. The van der Waals surface area contributed by atoms with Crippen molar-refractivity contribution in [1.29, 1.82) is 0 Å². The summed E-state index contributed by atoms with van der Waals surface area (Å²) in [5, 5.41) is 5.85. The molecule has 36 heavy (non-hydrogen) atoms. The molecule has 0 spiro atoms. The highest BCUT2D eigenvalue weighted by Crippen LogP contribution is 2.13. The molecule has 2 amide bonds. The van der Waals surface area contributed by atoms with Crippen molar-refractivity contribution in [3.8, 4) is 5.75 Å². The number of hydrogen-bond donors (Lipinski definition) is 2. The molecule has 1 rings (SSSR count). The first-order chi connectivity index (χ1) is 17.6. The quantitative estimate of drug-likeness (QED) is 0.218. The number of ether oxygens (including phenoxy) is 5. The maximum atomic E-state index is 11.9. The summed E-state index contributed by atoms with van der Waals surface area (Å²) in [6, 6.07) is 8.15. The number of carbonyl (C=O) groups is 2. The third kappa shape index (κ3) is 17.3. The van der Waals surface area contributed by atoms with Crippen LogP contribution in [0, 0.1) is 0 Å². The van der Waals surface area contributed by atoms with Gasteiger partial charge in [-0.2, -0.15) is 0 Å². The van der Waals surface area contributed by atoms with Crippen molar-refractivity contribution < 1.29 is 33.3 Å². The molecule has 0 saturated heterocycles. The summed E-state index contributed by atoms with van der Waals surface area (Å²) in [5.41, 5.74) is 1.19. The number of benzene rings is 1. The Hall–Kier alpha value is -2.20. The van der Waals surface area contributed by atoms with Crippen LogP contribution in [-0.4, -0.2) is 84.4 Å². The monoisotopic (exact) mass is 510 g/mol. The van der Waals surface area contributed by atoms with Gasteiger partial charge < -0.3 is 34.3 Å². The first-order valence-electron chi connectivity index (χ1n) is 13.1. The highest BCUT2D eigenvalue weighted by atomic mass is 16.6. The minimum absolute atomic E-state index is 0.0309. The average Bonchev–Trinajstić information content (AvgIpc) is 2.89. The number of amides is 2. The molecule has 1 aromatic carbocycles. The van der Waals surface area contributed by atoms with Crippen molar-refractivity contribution in [3.63, 3.8) is 0 Å². The van der Waals surface area contributed by atoms with Gasteiger partial charge in [-0.05, 0) is 43.4 Å². The van der Waals surface area contributed by atoms with Crippen LogP contribution in [0.15, 0.2) is 24.3 Å². The molecule has 2 N–H and O–H groups in total. The summed E-state index contributed by atoms with van der Waals surface area (Å²) in [7, 11) is 1.65. The van der Waals surface area contributed by atoms with Gasteiger partial charge in [0, 0.05) is 25.4 Å². The summed E-state index contributed by atoms with van der Waals surface area (Å²) < 4.78 is 26.9. The van der Waals surface area contributed by atoms with Crippen LogP contribution in [-0.2, 0) is 35.0 Å². The number of rotatable bonds is 23. The zero-order valence-electron chi connectivity index (χ0n) is 22.4. The summed E-state index contributed by atoms with van der Waals surface area (Å²) >= 11 is 0. The molecule has 0 bridgehead atoms. The van der Waals surface area contributed by atoms with E-state index in [9.17, 15) is 9.59 Å². The van der Waals surface area contributed by atoms with Crippen LogP contribution >= 0.6 is 0 Å². The topological polar surface area (TPSA) is 104 Å². The van der Waals surface area contributed by atoms with Gasteiger partial charge in [-0.1, -0.05) is 26.0 Å². The minimum Gasteiger partial charge on any atom is -0.497 e. The molecule has 0 aliphatic carbocycles. The van der Waals surface area contributed by atoms with Crippen molar-refractivity contribution in [1.82, 2.24) is 10.6 Å². The highest BCUT2D eigenvalue weighted by molar-refractivity contribution is 5.76. The fraction of sp³-hybridized carbons (Fsp3) is 0.704. The molecule has 0 aliphatic rings. The standard InChI is InChI=1S/C27H46N2O7/c1-4-24(5-2)29-27(31)13-15-33-17-19-35-21-22-36-20-18-34-16-14-28-26(30)8-6-7-23-9-11-25(32-3)12-10-23/h9-12,24H,4-8,13-22H2,1-3H3,(H,28,30)(H,29,31). The Morgan fingerprint density at radius 2 is 1.31 bits per heavy atom. The summed E-state index contributed by atoms with van der Waals surface area (Å²) in [6.45, 7) is 8.29. The summed E-state index contributed by atoms with van der Waals surface area (Å²) in [4.78, 5) is 23.6. The van der Waals surface area contributed by atoms with Crippen molar-refractivity contribution in [2.75, 3.05) is 66.5 Å². The maximum Gasteiger partial charge on any atom is 0.222 e. The molecule has 0 aliphatic heterocycles. The minimum atomic E-state index is 0.0309. The van der Waals surface area contributed by atoms with Gasteiger partial charge in [-0.15, -0.1) is 0 Å². The zero-order valence-corrected chi connectivity index (χ0v) is 22.4. The van der Waals surface area contributed by atoms with Gasteiger partial charge in [-0.3, -0.25) is 9.59 Å². The lowest BCUT2D eigenvalue weighted by Crippen LogP contribution is -2.34. The van der Waals surface area contributed by atoms with E-state index in [0.717, 1.165) is 31.4 Å². The highest BCUT2D eigenvalue weighted by Gasteiger charge is 2.07. The summed E-state index contributed by atoms with van der Waals surface area (Å²) in [5.74, 6) is 0.904. The number of carbonyl (C=O) groups excluding carboxylic acids is 2. The van der Waals surface area contributed by atoms with Gasteiger partial charge in [-0.25, -0.2) is 0 Å². The molecule has 1 aromatic rings. The van der Waals surface area contributed by atoms with E-state index in [1.165, 1.54) is 5.56 Å². The Morgan fingerprint density at radius 1 is 0.750 bits per heavy atom. The van der Waals surface area contributed by atoms with Crippen LogP contribution in [0.3, 0.4) is 0 Å². The van der Waals surface area contributed by atoms with E-state index in [4.69, 9.17) is 23.7 Å². The zero-order chi connectivity index (χ0) is 26.3. The summed E-state index contributed by atoms with van der Waals surface area (Å²) in [6.07, 6.45) is 4.41. The smallest absolute Gasteiger partial charge is 0.222 e. The van der Waals surface area contributed by atoms with E-state index in [1.807, 2.05) is 24.3 Å². The first-order valence-corrected chi connectivity index (χ1v) is 13.1. The van der Waals surface area contributed by atoms with Gasteiger partial charge >= 0.3 is 0 Å². The van der Waals surface area contributed by atoms with Crippen molar-refractivity contribution in [2.45, 2.75) is 58.4 Å². The number of aryl methyl sites for hydroxylation is 1. The average molecular weight is 511 g/mol. The van der Waals surface area contributed by atoms with E-state index in [0.29, 0.717) is 72.2 Å². The number of methoxy groups -OCH3 is 1. The Morgan fingerprint density at radius 3 is 1.86 bits per heavy atom. The third-order valence-electron chi connectivity index (χ3n) is 5.54. The van der Waals surface area contributed by atoms with E-state index in [1.54, 1.807) is 7.11 Å². The van der Waals surface area contributed by atoms with Crippen LogP contribution in [0.25, 0.3) is 0 Å². The number of nitrogens with one attached hydrogen (secondary N) is 2. The Bertz CT molecular complexity index is 681.